The van der Waals surface area contributed by atoms with Gasteiger partial charge in [-0.1, -0.05) is 75.0 Å². The number of benzene rings is 2. The second kappa shape index (κ2) is 9.69. The van der Waals surface area contributed by atoms with Crippen LogP contribution in [0.5, 0.6) is 0 Å². The number of aliphatic imine (C=N–C) groups is 2. The van der Waals surface area contributed by atoms with Crippen LogP contribution >= 0.6 is 11.8 Å². The molecule has 2 aliphatic heterocycles. The van der Waals surface area contributed by atoms with Crippen molar-refractivity contribution in [3.8, 4) is 0 Å². The van der Waals surface area contributed by atoms with Crippen LogP contribution in [0, 0.1) is 5.92 Å². The van der Waals surface area contributed by atoms with Crippen LogP contribution in [0.1, 0.15) is 38.3 Å². The van der Waals surface area contributed by atoms with Gasteiger partial charge in [-0.05, 0) is 36.5 Å². The molecule has 2 atom stereocenters. The predicted octanol–water partition coefficient (Wildman–Crippen LogP) is 4.17. The van der Waals surface area contributed by atoms with Crippen LogP contribution < -0.4 is 5.32 Å². The molecule has 7 heteroatoms. The number of para-hydroxylation sites is 1. The van der Waals surface area contributed by atoms with Crippen molar-refractivity contribution in [3.63, 3.8) is 0 Å². The predicted molar refractivity (Wildman–Crippen MR) is 130 cm³/mol. The van der Waals surface area contributed by atoms with E-state index in [4.69, 9.17) is 9.98 Å². The van der Waals surface area contributed by atoms with Gasteiger partial charge < -0.3 is 5.32 Å². The Kier molecular flexibility index (Phi) is 6.74. The Balaban J connectivity index is 1.51. The van der Waals surface area contributed by atoms with Crippen molar-refractivity contribution in [2.24, 2.45) is 15.9 Å². The number of carbonyl (C=O) groups is 2. The molecular weight excluding hydrogens is 420 g/mol. The fourth-order valence-corrected chi connectivity index (χ4v) is 4.87. The molecular formula is C25H28N4O2S. The van der Waals surface area contributed by atoms with E-state index in [9.17, 15) is 9.59 Å². The topological polar surface area (TPSA) is 74.1 Å². The molecule has 2 aromatic carbocycles. The maximum absolute atomic E-state index is 13.2. The zero-order chi connectivity index (χ0) is 22.7. The largest absolute Gasteiger partial charge is 0.355 e. The minimum absolute atomic E-state index is 0.0412. The molecule has 0 aliphatic carbocycles. The smallest absolute Gasteiger partial charge is 0.259 e. The van der Waals surface area contributed by atoms with Crippen molar-refractivity contribution >= 4 is 40.3 Å². The summed E-state index contributed by atoms with van der Waals surface area (Å²) < 4.78 is 0. The molecule has 2 aliphatic rings. The Morgan fingerprint density at radius 1 is 1.12 bits per heavy atom. The van der Waals surface area contributed by atoms with Crippen LogP contribution in [-0.2, 0) is 16.0 Å². The first-order valence-corrected chi connectivity index (χ1v) is 12.0. The normalized spacial score (nSPS) is 18.1. The zero-order valence-corrected chi connectivity index (χ0v) is 19.4. The third-order valence-corrected chi connectivity index (χ3v) is 6.91. The van der Waals surface area contributed by atoms with Crippen LogP contribution in [0.15, 0.2) is 64.6 Å². The Labute approximate surface area is 193 Å². The van der Waals surface area contributed by atoms with Gasteiger partial charge in [-0.25, -0.2) is 9.89 Å². The lowest BCUT2D eigenvalue weighted by Crippen LogP contribution is -2.44. The molecule has 0 spiro atoms. The lowest BCUT2D eigenvalue weighted by atomic mass is 10.1. The summed E-state index contributed by atoms with van der Waals surface area (Å²) in [5.41, 5.74) is 2.82. The number of thioether (sulfide) groups is 1. The summed E-state index contributed by atoms with van der Waals surface area (Å²) >= 11 is 1.34. The number of amides is 2. The van der Waals surface area contributed by atoms with Crippen molar-refractivity contribution in [2.75, 3.05) is 6.54 Å². The second-order valence-electron chi connectivity index (χ2n) is 8.27. The van der Waals surface area contributed by atoms with Crippen LogP contribution in [0.4, 0.5) is 5.69 Å². The van der Waals surface area contributed by atoms with E-state index >= 15 is 0 Å². The van der Waals surface area contributed by atoms with Gasteiger partial charge in [0, 0.05) is 12.1 Å². The van der Waals surface area contributed by atoms with Gasteiger partial charge in [-0.3, -0.25) is 14.6 Å². The number of nitrogens with zero attached hydrogens (tertiary/aromatic N) is 3. The van der Waals surface area contributed by atoms with Gasteiger partial charge in [0.05, 0.1) is 10.9 Å². The molecule has 6 nitrogen and oxygen atoms in total. The lowest BCUT2D eigenvalue weighted by Gasteiger charge is -2.27. The standard InChI is InChI=1S/C25H28N4O2S/c1-4-20(23(30)26-15-14-17-10-6-5-7-11-17)32-25-27-19-13-9-8-12-18(19)22-28-21(16(2)3)24(31)29(22)25/h5-13,16,20-21H,4,14-15H2,1-3H3,(H,26,30)/t20-,21+/m1/s1. The van der Waals surface area contributed by atoms with Gasteiger partial charge in [0.15, 0.2) is 5.17 Å². The van der Waals surface area contributed by atoms with Crippen LogP contribution in [0.3, 0.4) is 0 Å². The molecule has 0 fully saturated rings. The SMILES string of the molecule is CC[C@@H](SC1=Nc2ccccc2C2=N[C@@H](C(C)C)C(=O)N12)C(=O)NCCc1ccccc1. The molecule has 4 rings (SSSR count). The van der Waals surface area contributed by atoms with Crippen LogP contribution in [0.25, 0.3) is 0 Å². The number of carbonyl (C=O) groups excluding carboxylic acids is 2. The van der Waals surface area contributed by atoms with Crippen LogP contribution in [-0.4, -0.2) is 45.6 Å². The van der Waals surface area contributed by atoms with Gasteiger partial charge >= 0.3 is 0 Å². The first kappa shape index (κ1) is 22.3. The van der Waals surface area contributed by atoms with Crippen molar-refractivity contribution in [3.05, 3.63) is 65.7 Å². The first-order valence-electron chi connectivity index (χ1n) is 11.1. The molecule has 0 saturated carbocycles. The average Bonchev–Trinajstić information content (AvgIpc) is 3.16. The van der Waals surface area contributed by atoms with Crippen LogP contribution in [0.2, 0.25) is 0 Å². The van der Waals surface area contributed by atoms with Gasteiger partial charge in [0.25, 0.3) is 5.91 Å². The van der Waals surface area contributed by atoms with E-state index in [0.717, 1.165) is 17.7 Å². The van der Waals surface area contributed by atoms with E-state index in [-0.39, 0.29) is 23.0 Å². The molecule has 2 heterocycles. The molecule has 0 saturated heterocycles. The zero-order valence-electron chi connectivity index (χ0n) is 18.6. The number of amidine groups is 2. The Hall–Kier alpha value is -2.93. The van der Waals surface area contributed by atoms with E-state index < -0.39 is 6.04 Å². The summed E-state index contributed by atoms with van der Waals surface area (Å²) in [6, 6.07) is 17.4. The highest BCUT2D eigenvalue weighted by atomic mass is 32.2. The fraction of sp³-hybridized carbons (Fsp3) is 0.360. The molecule has 0 radical (unpaired) electrons. The summed E-state index contributed by atoms with van der Waals surface area (Å²) in [5, 5.41) is 3.22. The highest BCUT2D eigenvalue weighted by molar-refractivity contribution is 8.15. The number of hydrogen-bond acceptors (Lipinski definition) is 5. The average molecular weight is 449 g/mol. The van der Waals surface area contributed by atoms with E-state index in [1.165, 1.54) is 17.3 Å². The third-order valence-electron chi connectivity index (χ3n) is 5.60. The Bertz CT molecular complexity index is 1060. The molecule has 0 bridgehead atoms. The van der Waals surface area contributed by atoms with Gasteiger partial charge in [0.1, 0.15) is 11.9 Å². The maximum atomic E-state index is 13.2. The van der Waals surface area contributed by atoms with Gasteiger partial charge in [0.2, 0.25) is 5.91 Å². The Morgan fingerprint density at radius 3 is 2.56 bits per heavy atom. The number of fused-ring (bicyclic) bond motifs is 3. The summed E-state index contributed by atoms with van der Waals surface area (Å²) in [7, 11) is 0. The first-order chi connectivity index (χ1) is 15.5. The third kappa shape index (κ3) is 4.48. The van der Waals surface area contributed by atoms with E-state index in [2.05, 4.69) is 17.4 Å². The molecule has 1 N–H and O–H groups in total. The monoisotopic (exact) mass is 448 g/mol. The minimum Gasteiger partial charge on any atom is -0.355 e. The van der Waals surface area contributed by atoms with Gasteiger partial charge in [-0.15, -0.1) is 0 Å². The molecule has 2 amide bonds. The highest BCUT2D eigenvalue weighted by Gasteiger charge is 2.43. The number of rotatable bonds is 7. The minimum atomic E-state index is -0.429. The van der Waals surface area contributed by atoms with Gasteiger partial charge in [-0.2, -0.15) is 0 Å². The molecule has 32 heavy (non-hydrogen) atoms. The fourth-order valence-electron chi connectivity index (χ4n) is 3.82. The maximum Gasteiger partial charge on any atom is 0.259 e. The van der Waals surface area contributed by atoms with Crippen molar-refractivity contribution < 1.29 is 9.59 Å². The van der Waals surface area contributed by atoms with Crippen molar-refractivity contribution in [1.29, 1.82) is 0 Å². The number of hydrogen-bond donors (Lipinski definition) is 1. The van der Waals surface area contributed by atoms with Crippen molar-refractivity contribution in [1.82, 2.24) is 10.2 Å². The summed E-state index contributed by atoms with van der Waals surface area (Å²) in [6.45, 7) is 6.54. The molecule has 0 unspecified atom stereocenters. The second-order valence-corrected chi connectivity index (χ2v) is 9.44. The summed E-state index contributed by atoms with van der Waals surface area (Å²) in [5.74, 6) is 0.610. The number of nitrogens with one attached hydrogen (secondary N) is 1. The summed E-state index contributed by atoms with van der Waals surface area (Å²) in [4.78, 5) is 37.2. The molecule has 166 valence electrons. The Morgan fingerprint density at radius 2 is 1.84 bits per heavy atom. The summed E-state index contributed by atoms with van der Waals surface area (Å²) in [6.07, 6.45) is 1.41. The quantitative estimate of drug-likeness (QED) is 0.691. The molecule has 2 aromatic rings. The van der Waals surface area contributed by atoms with E-state index in [0.29, 0.717) is 24.0 Å². The lowest BCUT2D eigenvalue weighted by molar-refractivity contribution is -0.125. The highest BCUT2D eigenvalue weighted by Crippen LogP contribution is 2.36. The van der Waals surface area contributed by atoms with E-state index in [1.54, 1.807) is 4.90 Å². The molecule has 0 aromatic heterocycles. The van der Waals surface area contributed by atoms with Crippen molar-refractivity contribution in [2.45, 2.75) is 44.9 Å². The van der Waals surface area contributed by atoms with E-state index in [1.807, 2.05) is 63.2 Å².